The van der Waals surface area contributed by atoms with Crippen LogP contribution in [0.15, 0.2) is 18.3 Å². The monoisotopic (exact) mass is 208 g/mol. The van der Waals surface area contributed by atoms with Gasteiger partial charge in [0, 0.05) is 25.5 Å². The third-order valence-electron chi connectivity index (χ3n) is 2.32. The van der Waals surface area contributed by atoms with Gasteiger partial charge in [0.25, 0.3) is 0 Å². The lowest BCUT2D eigenvalue weighted by molar-refractivity contribution is 0.142. The van der Waals surface area contributed by atoms with Gasteiger partial charge in [0.15, 0.2) is 0 Å². The smallest absolute Gasteiger partial charge is 0.0573 e. The van der Waals surface area contributed by atoms with Crippen LogP contribution in [0.1, 0.15) is 37.1 Å². The highest BCUT2D eigenvalue weighted by atomic mass is 16.5. The van der Waals surface area contributed by atoms with Gasteiger partial charge in [0.2, 0.25) is 0 Å². The summed E-state index contributed by atoms with van der Waals surface area (Å²) >= 11 is 0. The van der Waals surface area contributed by atoms with Crippen LogP contribution < -0.4 is 5.73 Å². The fraction of sp³-hybridized carbons (Fsp3) is 0.583. The number of ether oxygens (including phenoxy) is 1. The van der Waals surface area contributed by atoms with Crippen molar-refractivity contribution in [1.82, 2.24) is 4.98 Å². The van der Waals surface area contributed by atoms with Crippen LogP contribution in [-0.4, -0.2) is 18.2 Å². The van der Waals surface area contributed by atoms with Crippen molar-refractivity contribution in [2.24, 2.45) is 5.73 Å². The zero-order valence-corrected chi connectivity index (χ0v) is 9.57. The Kier molecular flexibility index (Phi) is 5.29. The molecule has 0 aliphatic rings. The molecule has 0 aliphatic heterocycles. The van der Waals surface area contributed by atoms with Crippen molar-refractivity contribution >= 4 is 0 Å². The zero-order valence-electron chi connectivity index (χ0n) is 9.57. The lowest BCUT2D eigenvalue weighted by atomic mass is 10.1. The first kappa shape index (κ1) is 12.1. The molecular weight excluding hydrogens is 188 g/mol. The number of aromatic nitrogens is 1. The maximum Gasteiger partial charge on any atom is 0.0573 e. The molecule has 3 nitrogen and oxygen atoms in total. The minimum Gasteiger partial charge on any atom is -0.382 e. The van der Waals surface area contributed by atoms with Crippen LogP contribution in [0.5, 0.6) is 0 Å². The first-order valence-corrected chi connectivity index (χ1v) is 5.50. The predicted molar refractivity (Wildman–Crippen MR) is 61.6 cm³/mol. The molecule has 1 aromatic heterocycles. The molecule has 0 amide bonds. The van der Waals surface area contributed by atoms with Gasteiger partial charge in [-0.25, -0.2) is 0 Å². The van der Waals surface area contributed by atoms with E-state index in [0.717, 1.165) is 31.7 Å². The quantitative estimate of drug-likeness (QED) is 0.729. The molecule has 0 spiro atoms. The summed E-state index contributed by atoms with van der Waals surface area (Å²) in [5, 5.41) is 0. The number of nitrogens with two attached hydrogens (primary N) is 1. The van der Waals surface area contributed by atoms with E-state index in [2.05, 4.69) is 11.9 Å². The van der Waals surface area contributed by atoms with E-state index in [1.807, 2.05) is 25.3 Å². The second kappa shape index (κ2) is 6.53. The van der Waals surface area contributed by atoms with Crippen molar-refractivity contribution in [3.05, 3.63) is 29.6 Å². The van der Waals surface area contributed by atoms with Gasteiger partial charge in [-0.1, -0.05) is 0 Å². The van der Waals surface area contributed by atoms with Crippen molar-refractivity contribution in [3.8, 4) is 0 Å². The van der Waals surface area contributed by atoms with Gasteiger partial charge in [-0.15, -0.1) is 0 Å². The van der Waals surface area contributed by atoms with E-state index >= 15 is 0 Å². The molecule has 0 bridgehead atoms. The van der Waals surface area contributed by atoms with Crippen LogP contribution >= 0.6 is 0 Å². The third kappa shape index (κ3) is 4.40. The summed E-state index contributed by atoms with van der Waals surface area (Å²) in [7, 11) is 0. The van der Waals surface area contributed by atoms with E-state index in [1.165, 1.54) is 5.56 Å². The van der Waals surface area contributed by atoms with E-state index in [9.17, 15) is 0 Å². The fourth-order valence-electron chi connectivity index (χ4n) is 1.46. The normalized spacial score (nSPS) is 12.7. The molecule has 1 atom stereocenters. The lowest BCUT2D eigenvalue weighted by Crippen LogP contribution is -2.13. The minimum absolute atomic E-state index is 0.0327. The van der Waals surface area contributed by atoms with Crippen LogP contribution in [-0.2, 0) is 4.74 Å². The number of rotatable bonds is 6. The Bertz CT molecular complexity index is 289. The predicted octanol–water partition coefficient (Wildman–Crippen LogP) is 2.21. The van der Waals surface area contributed by atoms with Crippen molar-refractivity contribution < 1.29 is 4.74 Å². The van der Waals surface area contributed by atoms with Gasteiger partial charge in [0.1, 0.15) is 0 Å². The summed E-state index contributed by atoms with van der Waals surface area (Å²) < 4.78 is 5.27. The van der Waals surface area contributed by atoms with Crippen molar-refractivity contribution in [3.63, 3.8) is 0 Å². The Hall–Kier alpha value is -0.930. The van der Waals surface area contributed by atoms with Crippen LogP contribution in [0.4, 0.5) is 0 Å². The molecule has 2 N–H and O–H groups in total. The van der Waals surface area contributed by atoms with Crippen LogP contribution in [0, 0.1) is 6.92 Å². The number of hydrogen-bond donors (Lipinski definition) is 1. The van der Waals surface area contributed by atoms with E-state index in [4.69, 9.17) is 10.5 Å². The molecule has 0 fully saturated rings. The second-order valence-corrected chi connectivity index (χ2v) is 3.70. The topological polar surface area (TPSA) is 48.1 Å². The third-order valence-corrected chi connectivity index (χ3v) is 2.32. The van der Waals surface area contributed by atoms with Crippen molar-refractivity contribution in [2.45, 2.75) is 32.7 Å². The van der Waals surface area contributed by atoms with E-state index < -0.39 is 0 Å². The largest absolute Gasteiger partial charge is 0.382 e. The summed E-state index contributed by atoms with van der Waals surface area (Å²) in [6.07, 6.45) is 3.73. The zero-order chi connectivity index (χ0) is 11.1. The lowest BCUT2D eigenvalue weighted by Gasteiger charge is -2.11. The van der Waals surface area contributed by atoms with Crippen LogP contribution in [0.25, 0.3) is 0 Å². The number of nitrogens with zero attached hydrogens (tertiary/aromatic N) is 1. The molecule has 3 heteroatoms. The molecule has 0 aliphatic carbocycles. The second-order valence-electron chi connectivity index (χ2n) is 3.70. The van der Waals surface area contributed by atoms with E-state index in [-0.39, 0.29) is 6.04 Å². The molecule has 0 radical (unpaired) electrons. The Morgan fingerprint density at radius 2 is 2.33 bits per heavy atom. The summed E-state index contributed by atoms with van der Waals surface area (Å²) in [5.41, 5.74) is 8.21. The molecule has 15 heavy (non-hydrogen) atoms. The summed E-state index contributed by atoms with van der Waals surface area (Å²) in [5.74, 6) is 0. The first-order chi connectivity index (χ1) is 7.24. The fourth-order valence-corrected chi connectivity index (χ4v) is 1.46. The summed E-state index contributed by atoms with van der Waals surface area (Å²) in [6, 6.07) is 4.06. The highest BCUT2D eigenvalue weighted by molar-refractivity contribution is 5.16. The van der Waals surface area contributed by atoms with Gasteiger partial charge in [-0.3, -0.25) is 4.98 Å². The minimum atomic E-state index is 0.0327. The maximum absolute atomic E-state index is 6.03. The molecule has 0 aromatic carbocycles. The standard InChI is InChI=1S/C12H20N2O/c1-3-15-8-4-5-11(13)12-9-10(2)6-7-14-12/h6-7,9,11H,3-5,8,13H2,1-2H3. The highest BCUT2D eigenvalue weighted by Crippen LogP contribution is 2.14. The Morgan fingerprint density at radius 1 is 1.53 bits per heavy atom. The number of hydrogen-bond acceptors (Lipinski definition) is 3. The molecule has 1 unspecified atom stereocenters. The van der Waals surface area contributed by atoms with Gasteiger partial charge < -0.3 is 10.5 Å². The molecular formula is C12H20N2O. The van der Waals surface area contributed by atoms with Crippen molar-refractivity contribution in [2.75, 3.05) is 13.2 Å². The molecule has 1 rings (SSSR count). The van der Waals surface area contributed by atoms with Crippen LogP contribution in [0.2, 0.25) is 0 Å². The van der Waals surface area contributed by atoms with Gasteiger partial charge in [-0.2, -0.15) is 0 Å². The Balaban J connectivity index is 2.36. The average Bonchev–Trinajstić information content (AvgIpc) is 2.24. The molecule has 0 saturated heterocycles. The first-order valence-electron chi connectivity index (χ1n) is 5.50. The number of aryl methyl sites for hydroxylation is 1. The van der Waals surface area contributed by atoms with Gasteiger partial charge in [-0.05, 0) is 44.4 Å². The van der Waals surface area contributed by atoms with Crippen molar-refractivity contribution in [1.29, 1.82) is 0 Å². The Morgan fingerprint density at radius 3 is 3.00 bits per heavy atom. The SMILES string of the molecule is CCOCCCC(N)c1cc(C)ccn1. The molecule has 0 saturated carbocycles. The average molecular weight is 208 g/mol. The van der Waals surface area contributed by atoms with E-state index in [0.29, 0.717) is 0 Å². The summed E-state index contributed by atoms with van der Waals surface area (Å²) in [4.78, 5) is 4.27. The molecule has 1 aromatic rings. The Labute approximate surface area is 91.7 Å². The van der Waals surface area contributed by atoms with Gasteiger partial charge in [0.05, 0.1) is 5.69 Å². The summed E-state index contributed by atoms with van der Waals surface area (Å²) in [6.45, 7) is 5.62. The van der Waals surface area contributed by atoms with E-state index in [1.54, 1.807) is 0 Å². The molecule has 84 valence electrons. The van der Waals surface area contributed by atoms with Crippen LogP contribution in [0.3, 0.4) is 0 Å². The maximum atomic E-state index is 6.03. The number of pyridine rings is 1. The van der Waals surface area contributed by atoms with Gasteiger partial charge >= 0.3 is 0 Å². The molecule has 1 heterocycles. The highest BCUT2D eigenvalue weighted by Gasteiger charge is 2.06.